The first-order valence-corrected chi connectivity index (χ1v) is 7.81. The van der Waals surface area contributed by atoms with Crippen molar-refractivity contribution >= 4 is 30.7 Å². The van der Waals surface area contributed by atoms with E-state index in [1.807, 2.05) is 24.3 Å². The zero-order chi connectivity index (χ0) is 14.9. The van der Waals surface area contributed by atoms with E-state index in [1.54, 1.807) is 11.0 Å². The second kappa shape index (κ2) is 7.96. The molecule has 0 radical (unpaired) electrons. The number of amides is 1. The van der Waals surface area contributed by atoms with Gasteiger partial charge in [0, 0.05) is 24.2 Å². The summed E-state index contributed by atoms with van der Waals surface area (Å²) in [4.78, 5) is 19.0. The van der Waals surface area contributed by atoms with Gasteiger partial charge < -0.3 is 10.2 Å². The molecule has 2 atom stereocenters. The highest BCUT2D eigenvalue weighted by atomic mass is 35.5. The molecular weight excluding hydrogens is 349 g/mol. The van der Waals surface area contributed by atoms with Crippen LogP contribution in [0.2, 0.25) is 0 Å². The average molecular weight is 370 g/mol. The lowest BCUT2D eigenvalue weighted by atomic mass is 10.1. The Bertz CT molecular complexity index is 665. The molecule has 0 saturated carbocycles. The molecule has 24 heavy (non-hydrogen) atoms. The van der Waals surface area contributed by atoms with Crippen LogP contribution in [0.4, 0.5) is 0 Å². The monoisotopic (exact) mass is 369 g/mol. The van der Waals surface area contributed by atoms with Gasteiger partial charge in [0.2, 0.25) is 0 Å². The van der Waals surface area contributed by atoms with E-state index < -0.39 is 0 Å². The third-order valence-corrected chi connectivity index (χ3v) is 4.67. The van der Waals surface area contributed by atoms with Gasteiger partial charge in [-0.25, -0.2) is 9.67 Å². The molecular formula is C16H21Cl2N5O. The predicted octanol–water partition coefficient (Wildman–Crippen LogP) is 2.08. The molecule has 1 aromatic carbocycles. The van der Waals surface area contributed by atoms with Crippen LogP contribution in [0.5, 0.6) is 0 Å². The summed E-state index contributed by atoms with van der Waals surface area (Å²) >= 11 is 0. The molecule has 0 spiro atoms. The van der Waals surface area contributed by atoms with Gasteiger partial charge in [-0.15, -0.1) is 24.8 Å². The molecule has 2 aliphatic rings. The summed E-state index contributed by atoms with van der Waals surface area (Å²) < 4.78 is 1.68. The summed E-state index contributed by atoms with van der Waals surface area (Å²) in [5, 5.41) is 7.56. The maximum atomic E-state index is 13.0. The minimum Gasteiger partial charge on any atom is -0.331 e. The number of rotatable bonds is 2. The van der Waals surface area contributed by atoms with Crippen molar-refractivity contribution in [2.45, 2.75) is 31.3 Å². The standard InChI is InChI=1S/C16H19N5O.2ClH/c22-16(21-13-4-5-15(21)9-17-7-6-13)12-2-1-3-14(8-12)20-11-18-10-19-20;;/h1-3,8,10-11,13,15,17H,4-7,9H2;2*1H. The smallest absolute Gasteiger partial charge is 0.254 e. The molecule has 0 aliphatic carbocycles. The maximum Gasteiger partial charge on any atom is 0.254 e. The SMILES string of the molecule is Cl.Cl.O=C(c1cccc(-n2cncn2)c1)N1C2CCNCC1CC2. The van der Waals surface area contributed by atoms with Crippen molar-refractivity contribution in [2.75, 3.05) is 13.1 Å². The molecule has 2 unspecified atom stereocenters. The topological polar surface area (TPSA) is 63.1 Å². The van der Waals surface area contributed by atoms with Gasteiger partial charge in [-0.2, -0.15) is 5.10 Å². The first-order chi connectivity index (χ1) is 10.8. The lowest BCUT2D eigenvalue weighted by Gasteiger charge is -2.28. The Labute approximate surface area is 153 Å². The van der Waals surface area contributed by atoms with E-state index >= 15 is 0 Å². The third-order valence-electron chi connectivity index (χ3n) is 4.67. The van der Waals surface area contributed by atoms with Crippen LogP contribution >= 0.6 is 24.8 Å². The molecule has 130 valence electrons. The number of hydrogen-bond donors (Lipinski definition) is 1. The normalized spacial score (nSPS) is 22.2. The molecule has 2 aliphatic heterocycles. The van der Waals surface area contributed by atoms with E-state index in [0.29, 0.717) is 12.1 Å². The van der Waals surface area contributed by atoms with Crippen LogP contribution in [0.25, 0.3) is 5.69 Å². The van der Waals surface area contributed by atoms with E-state index in [9.17, 15) is 4.79 Å². The molecule has 2 bridgehead atoms. The molecule has 2 saturated heterocycles. The Morgan fingerprint density at radius 2 is 2.00 bits per heavy atom. The van der Waals surface area contributed by atoms with Gasteiger partial charge >= 0.3 is 0 Å². The highest BCUT2D eigenvalue weighted by Crippen LogP contribution is 2.29. The fourth-order valence-corrected chi connectivity index (χ4v) is 3.59. The first-order valence-electron chi connectivity index (χ1n) is 7.81. The Morgan fingerprint density at radius 3 is 2.79 bits per heavy atom. The maximum absolute atomic E-state index is 13.0. The van der Waals surface area contributed by atoms with Gasteiger partial charge in [-0.1, -0.05) is 6.07 Å². The number of nitrogens with one attached hydrogen (secondary N) is 1. The summed E-state index contributed by atoms with van der Waals surface area (Å²) in [6.45, 7) is 1.91. The van der Waals surface area contributed by atoms with Crippen LogP contribution in [-0.4, -0.2) is 50.7 Å². The Hall–Kier alpha value is -1.63. The lowest BCUT2D eigenvalue weighted by molar-refractivity contribution is 0.0680. The van der Waals surface area contributed by atoms with Crippen molar-refractivity contribution < 1.29 is 4.79 Å². The van der Waals surface area contributed by atoms with Crippen molar-refractivity contribution in [3.63, 3.8) is 0 Å². The van der Waals surface area contributed by atoms with Crippen LogP contribution < -0.4 is 5.32 Å². The van der Waals surface area contributed by atoms with Gasteiger partial charge in [-0.05, 0) is 44.0 Å². The van der Waals surface area contributed by atoms with Crippen molar-refractivity contribution in [1.29, 1.82) is 0 Å². The van der Waals surface area contributed by atoms with Crippen LogP contribution in [-0.2, 0) is 0 Å². The number of fused-ring (bicyclic) bond motifs is 2. The van der Waals surface area contributed by atoms with Crippen molar-refractivity contribution in [3.05, 3.63) is 42.5 Å². The quantitative estimate of drug-likeness (QED) is 0.879. The third kappa shape index (κ3) is 3.41. The van der Waals surface area contributed by atoms with Gasteiger partial charge in [-0.3, -0.25) is 4.79 Å². The van der Waals surface area contributed by atoms with Crippen LogP contribution in [0, 0.1) is 0 Å². The molecule has 1 N–H and O–H groups in total. The Balaban J connectivity index is 0.00000104. The van der Waals surface area contributed by atoms with E-state index in [0.717, 1.165) is 43.6 Å². The number of aromatic nitrogens is 3. The van der Waals surface area contributed by atoms with Crippen molar-refractivity contribution in [2.24, 2.45) is 0 Å². The Morgan fingerprint density at radius 1 is 1.17 bits per heavy atom. The van der Waals surface area contributed by atoms with Gasteiger partial charge in [0.25, 0.3) is 5.91 Å². The average Bonchev–Trinajstić information content (AvgIpc) is 3.14. The second-order valence-electron chi connectivity index (χ2n) is 5.98. The molecule has 8 heteroatoms. The van der Waals surface area contributed by atoms with Gasteiger partial charge in [0.1, 0.15) is 12.7 Å². The minimum absolute atomic E-state index is 0. The fourth-order valence-electron chi connectivity index (χ4n) is 3.59. The fraction of sp³-hybridized carbons (Fsp3) is 0.438. The molecule has 2 fully saturated rings. The number of carbonyl (C=O) groups is 1. The summed E-state index contributed by atoms with van der Waals surface area (Å²) in [6, 6.07) is 8.33. The van der Waals surface area contributed by atoms with Crippen LogP contribution in [0.3, 0.4) is 0 Å². The number of halogens is 2. The largest absolute Gasteiger partial charge is 0.331 e. The molecule has 4 rings (SSSR count). The molecule has 6 nitrogen and oxygen atoms in total. The molecule has 1 aromatic heterocycles. The number of hydrogen-bond acceptors (Lipinski definition) is 4. The lowest BCUT2D eigenvalue weighted by Crippen LogP contribution is -2.42. The summed E-state index contributed by atoms with van der Waals surface area (Å²) in [5.74, 6) is 0.137. The van der Waals surface area contributed by atoms with Crippen molar-refractivity contribution in [3.8, 4) is 5.69 Å². The first kappa shape index (κ1) is 18.7. The molecule has 3 heterocycles. The van der Waals surface area contributed by atoms with E-state index in [4.69, 9.17) is 0 Å². The number of nitrogens with zero attached hydrogens (tertiary/aromatic N) is 4. The minimum atomic E-state index is 0. The van der Waals surface area contributed by atoms with Crippen molar-refractivity contribution in [1.82, 2.24) is 25.0 Å². The van der Waals surface area contributed by atoms with Gasteiger partial charge in [0.15, 0.2) is 0 Å². The van der Waals surface area contributed by atoms with Gasteiger partial charge in [0.05, 0.1) is 5.69 Å². The second-order valence-corrected chi connectivity index (χ2v) is 5.98. The highest BCUT2D eigenvalue weighted by molar-refractivity contribution is 5.95. The van der Waals surface area contributed by atoms with Crippen LogP contribution in [0.1, 0.15) is 29.6 Å². The number of benzene rings is 1. The predicted molar refractivity (Wildman–Crippen MR) is 96.3 cm³/mol. The van der Waals surface area contributed by atoms with E-state index in [1.165, 1.54) is 6.33 Å². The van der Waals surface area contributed by atoms with Crippen LogP contribution in [0.15, 0.2) is 36.9 Å². The summed E-state index contributed by atoms with van der Waals surface area (Å²) in [7, 11) is 0. The molecule has 1 amide bonds. The zero-order valence-electron chi connectivity index (χ0n) is 13.2. The Kier molecular flexibility index (Phi) is 6.21. The summed E-state index contributed by atoms with van der Waals surface area (Å²) in [6.07, 6.45) is 6.41. The van der Waals surface area contributed by atoms with E-state index in [-0.39, 0.29) is 30.7 Å². The van der Waals surface area contributed by atoms with E-state index in [2.05, 4.69) is 20.3 Å². The highest BCUT2D eigenvalue weighted by Gasteiger charge is 2.38. The molecule has 2 aromatic rings. The zero-order valence-corrected chi connectivity index (χ0v) is 14.8. The summed E-state index contributed by atoms with van der Waals surface area (Å²) in [5.41, 5.74) is 1.59. The number of carbonyl (C=O) groups excluding carboxylic acids is 1.